The Labute approximate surface area is 100 Å². The third-order valence-corrected chi connectivity index (χ3v) is 2.87. The van der Waals surface area contributed by atoms with Crippen molar-refractivity contribution in [1.82, 2.24) is 14.8 Å². The number of hydrogen-bond donors (Lipinski definition) is 0. The minimum Gasteiger partial charge on any atom is -0.292 e. The molecular formula is C13H15N3O. The molecule has 4 nitrogen and oxygen atoms in total. The first-order valence-corrected chi connectivity index (χ1v) is 5.55. The lowest BCUT2D eigenvalue weighted by Gasteiger charge is -2.12. The van der Waals surface area contributed by atoms with Crippen LogP contribution in [0.4, 0.5) is 0 Å². The minimum absolute atomic E-state index is 0.0664. The van der Waals surface area contributed by atoms with E-state index in [-0.39, 0.29) is 11.8 Å². The number of hydrogen-bond acceptors (Lipinski definition) is 3. The smallest absolute Gasteiger partial charge is 0.187 e. The van der Waals surface area contributed by atoms with Gasteiger partial charge in [-0.05, 0) is 32.4 Å². The summed E-state index contributed by atoms with van der Waals surface area (Å²) in [5.74, 6) is 0.0664. The maximum Gasteiger partial charge on any atom is 0.187 e. The number of benzene rings is 1. The van der Waals surface area contributed by atoms with Crippen molar-refractivity contribution in [3.05, 3.63) is 47.5 Å². The molecule has 0 aliphatic carbocycles. The molecule has 2 aromatic rings. The zero-order chi connectivity index (χ0) is 12.4. The highest BCUT2D eigenvalue weighted by molar-refractivity contribution is 6.00. The Morgan fingerprint density at radius 2 is 2.12 bits per heavy atom. The number of nitrogens with zero attached hydrogens (tertiary/aromatic N) is 3. The van der Waals surface area contributed by atoms with Gasteiger partial charge in [-0.15, -0.1) is 0 Å². The fraction of sp³-hybridized carbons (Fsp3) is 0.308. The van der Waals surface area contributed by atoms with Crippen LogP contribution < -0.4 is 0 Å². The zero-order valence-corrected chi connectivity index (χ0v) is 10.2. The molecule has 0 spiro atoms. The molecule has 0 aliphatic rings. The van der Waals surface area contributed by atoms with Gasteiger partial charge in [-0.25, -0.2) is 9.67 Å². The molecule has 0 saturated heterocycles. The highest BCUT2D eigenvalue weighted by atomic mass is 16.1. The lowest BCUT2D eigenvalue weighted by molar-refractivity contribution is 0.0927. The molecule has 1 atom stereocenters. The first-order valence-electron chi connectivity index (χ1n) is 5.55. The van der Waals surface area contributed by atoms with Gasteiger partial charge in [0.25, 0.3) is 0 Å². The second kappa shape index (κ2) is 4.49. The average molecular weight is 229 g/mol. The van der Waals surface area contributed by atoms with E-state index in [1.54, 1.807) is 11.0 Å². The van der Waals surface area contributed by atoms with Gasteiger partial charge in [0.1, 0.15) is 18.7 Å². The normalized spacial score (nSPS) is 12.4. The molecule has 1 unspecified atom stereocenters. The van der Waals surface area contributed by atoms with Gasteiger partial charge >= 0.3 is 0 Å². The number of Topliss-reactive ketones (excluding diaryl/α,β-unsaturated/α-hetero) is 1. The summed E-state index contributed by atoms with van der Waals surface area (Å²) < 4.78 is 1.57. The topological polar surface area (TPSA) is 47.8 Å². The molecule has 1 aromatic heterocycles. The van der Waals surface area contributed by atoms with Gasteiger partial charge in [0, 0.05) is 5.56 Å². The van der Waals surface area contributed by atoms with Crippen LogP contribution in [0.3, 0.4) is 0 Å². The van der Waals surface area contributed by atoms with Gasteiger partial charge in [-0.2, -0.15) is 5.10 Å². The van der Waals surface area contributed by atoms with Crippen molar-refractivity contribution in [3.63, 3.8) is 0 Å². The zero-order valence-electron chi connectivity index (χ0n) is 10.2. The molecule has 1 heterocycles. The summed E-state index contributed by atoms with van der Waals surface area (Å²) in [5.41, 5.74) is 2.84. The molecule has 88 valence electrons. The number of carbonyl (C=O) groups excluding carboxylic acids is 1. The quantitative estimate of drug-likeness (QED) is 0.759. The van der Waals surface area contributed by atoms with Crippen molar-refractivity contribution in [2.45, 2.75) is 26.8 Å². The number of rotatable bonds is 3. The monoisotopic (exact) mass is 229 g/mol. The Morgan fingerprint density at radius 3 is 2.76 bits per heavy atom. The van der Waals surface area contributed by atoms with Crippen molar-refractivity contribution in [1.29, 1.82) is 0 Å². The molecule has 0 radical (unpaired) electrons. The van der Waals surface area contributed by atoms with Crippen LogP contribution in [0.5, 0.6) is 0 Å². The molecule has 0 fully saturated rings. The van der Waals surface area contributed by atoms with Crippen LogP contribution >= 0.6 is 0 Å². The van der Waals surface area contributed by atoms with Gasteiger partial charge in [0.2, 0.25) is 0 Å². The van der Waals surface area contributed by atoms with Gasteiger partial charge in [0.05, 0.1) is 0 Å². The van der Waals surface area contributed by atoms with Gasteiger partial charge < -0.3 is 0 Å². The van der Waals surface area contributed by atoms with Crippen LogP contribution in [0.25, 0.3) is 0 Å². The fourth-order valence-corrected chi connectivity index (χ4v) is 1.76. The van der Waals surface area contributed by atoms with Crippen LogP contribution in [-0.4, -0.2) is 20.5 Å². The first-order chi connectivity index (χ1) is 8.09. The Bertz CT molecular complexity index is 532. The van der Waals surface area contributed by atoms with Crippen molar-refractivity contribution >= 4 is 5.78 Å². The molecule has 17 heavy (non-hydrogen) atoms. The molecule has 0 amide bonds. The van der Waals surface area contributed by atoms with Crippen molar-refractivity contribution in [2.75, 3.05) is 0 Å². The van der Waals surface area contributed by atoms with E-state index in [4.69, 9.17) is 0 Å². The summed E-state index contributed by atoms with van der Waals surface area (Å²) in [6, 6.07) is 5.58. The number of ketones is 1. The molecule has 4 heteroatoms. The van der Waals surface area contributed by atoms with Crippen molar-refractivity contribution < 1.29 is 4.79 Å². The molecule has 2 rings (SSSR count). The van der Waals surface area contributed by atoms with Crippen LogP contribution in [-0.2, 0) is 0 Å². The average Bonchev–Trinajstić information content (AvgIpc) is 2.84. The Morgan fingerprint density at radius 1 is 1.35 bits per heavy atom. The molecule has 0 bridgehead atoms. The van der Waals surface area contributed by atoms with Crippen LogP contribution in [0.2, 0.25) is 0 Å². The third kappa shape index (κ3) is 2.25. The van der Waals surface area contributed by atoms with Gasteiger partial charge in [-0.1, -0.05) is 17.7 Å². The SMILES string of the molecule is Cc1ccc(C)c(C(=O)C(C)n2cncn2)c1. The minimum atomic E-state index is -0.321. The van der Waals surface area contributed by atoms with E-state index >= 15 is 0 Å². The second-order valence-corrected chi connectivity index (χ2v) is 4.23. The largest absolute Gasteiger partial charge is 0.292 e. The molecule has 1 aromatic carbocycles. The van der Waals surface area contributed by atoms with E-state index in [0.29, 0.717) is 0 Å². The number of aromatic nitrogens is 3. The molecule has 0 N–H and O–H groups in total. The van der Waals surface area contributed by atoms with E-state index in [9.17, 15) is 4.79 Å². The van der Waals surface area contributed by atoms with E-state index in [1.165, 1.54) is 6.33 Å². The van der Waals surface area contributed by atoms with Crippen molar-refractivity contribution in [2.24, 2.45) is 0 Å². The van der Waals surface area contributed by atoms with Gasteiger partial charge in [-0.3, -0.25) is 4.79 Å². The molecular weight excluding hydrogens is 214 g/mol. The third-order valence-electron chi connectivity index (χ3n) is 2.87. The highest BCUT2D eigenvalue weighted by Gasteiger charge is 2.19. The summed E-state index contributed by atoms with van der Waals surface area (Å²) in [4.78, 5) is 16.2. The first kappa shape index (κ1) is 11.5. The predicted octanol–water partition coefficient (Wildman–Crippen LogP) is 2.34. The summed E-state index contributed by atoms with van der Waals surface area (Å²) in [5, 5.41) is 4.00. The van der Waals surface area contributed by atoms with Crippen LogP contribution in [0.1, 0.15) is 34.5 Å². The van der Waals surface area contributed by atoms with Crippen molar-refractivity contribution in [3.8, 4) is 0 Å². The maximum atomic E-state index is 12.3. The number of aryl methyl sites for hydroxylation is 2. The van der Waals surface area contributed by atoms with Crippen LogP contribution in [0.15, 0.2) is 30.9 Å². The Kier molecular flexibility index (Phi) is 3.04. The van der Waals surface area contributed by atoms with Crippen LogP contribution in [0, 0.1) is 13.8 Å². The standard InChI is InChI=1S/C13H15N3O/c1-9-4-5-10(2)12(6-9)13(17)11(3)16-8-14-7-15-16/h4-8,11H,1-3H3. The second-order valence-electron chi connectivity index (χ2n) is 4.23. The Balaban J connectivity index is 2.34. The number of carbonyl (C=O) groups is 1. The van der Waals surface area contributed by atoms with E-state index in [1.807, 2.05) is 39.0 Å². The predicted molar refractivity (Wildman–Crippen MR) is 65.0 cm³/mol. The summed E-state index contributed by atoms with van der Waals surface area (Å²) >= 11 is 0. The summed E-state index contributed by atoms with van der Waals surface area (Å²) in [6.07, 6.45) is 3.00. The highest BCUT2D eigenvalue weighted by Crippen LogP contribution is 2.17. The summed E-state index contributed by atoms with van der Waals surface area (Å²) in [6.45, 7) is 5.76. The Hall–Kier alpha value is -1.97. The fourth-order valence-electron chi connectivity index (χ4n) is 1.76. The molecule has 0 saturated carbocycles. The lowest BCUT2D eigenvalue weighted by atomic mass is 9.98. The summed E-state index contributed by atoms with van der Waals surface area (Å²) in [7, 11) is 0. The van der Waals surface area contributed by atoms with E-state index < -0.39 is 0 Å². The van der Waals surface area contributed by atoms with E-state index in [2.05, 4.69) is 10.1 Å². The van der Waals surface area contributed by atoms with Gasteiger partial charge in [0.15, 0.2) is 5.78 Å². The molecule has 0 aliphatic heterocycles. The lowest BCUT2D eigenvalue weighted by Crippen LogP contribution is -2.18. The maximum absolute atomic E-state index is 12.3. The van der Waals surface area contributed by atoms with E-state index in [0.717, 1.165) is 16.7 Å².